The second-order valence-electron chi connectivity index (χ2n) is 17.3. The fraction of sp³-hybridized carbons (Fsp3) is 0.707. The van der Waals surface area contributed by atoms with Crippen LogP contribution in [-0.4, -0.2) is 40.8 Å². The zero-order chi connectivity index (χ0) is 39.2. The third-order valence-electron chi connectivity index (χ3n) is 13.4. The van der Waals surface area contributed by atoms with Crippen LogP contribution in [0.1, 0.15) is 136 Å². The number of amides is 2. The van der Waals surface area contributed by atoms with Gasteiger partial charge in [0.2, 0.25) is 18.1 Å². The number of benzene rings is 1. The number of allylic oxidation sites excluding steroid dienone is 1. The summed E-state index contributed by atoms with van der Waals surface area (Å²) in [7, 11) is 0. The van der Waals surface area contributed by atoms with Gasteiger partial charge in [-0.25, -0.2) is 9.59 Å². The van der Waals surface area contributed by atoms with Crippen molar-refractivity contribution in [3.05, 3.63) is 27.9 Å². The van der Waals surface area contributed by atoms with E-state index in [1.54, 1.807) is 0 Å². The van der Waals surface area contributed by atoms with Gasteiger partial charge in [0.05, 0.1) is 27.6 Å². The van der Waals surface area contributed by atoms with Gasteiger partial charge < -0.3 is 25.2 Å². The number of carbonyl (C=O) groups excluding carboxylic acids is 4. The number of hydrogen-bond donors (Lipinski definition) is 3. The minimum absolute atomic E-state index is 0.0643. The van der Waals surface area contributed by atoms with Crippen LogP contribution in [0.3, 0.4) is 0 Å². The van der Waals surface area contributed by atoms with Crippen LogP contribution in [0, 0.1) is 57.0 Å². The van der Waals surface area contributed by atoms with E-state index >= 15 is 0 Å². The van der Waals surface area contributed by atoms with E-state index in [1.807, 2.05) is 67.8 Å². The van der Waals surface area contributed by atoms with Crippen LogP contribution in [0.15, 0.2) is 11.6 Å². The van der Waals surface area contributed by atoms with Crippen LogP contribution in [0.4, 0.5) is 11.4 Å². The molecule has 1 aromatic carbocycles. The minimum atomic E-state index is -1.71. The van der Waals surface area contributed by atoms with Gasteiger partial charge in [-0.05, 0) is 159 Å². The fourth-order valence-electron chi connectivity index (χ4n) is 10.8. The predicted octanol–water partition coefficient (Wildman–Crippen LogP) is 10.2. The van der Waals surface area contributed by atoms with E-state index in [1.165, 1.54) is 65.7 Å². The Balaban J connectivity index is 1.26. The van der Waals surface area contributed by atoms with Crippen molar-refractivity contribution in [3.8, 4) is 0 Å². The molecule has 0 saturated heterocycles. The standard InChI is InChI=1S/C41H57I3N2O7/c1-21(2)10-9-11-22(3)28-14-15-29-27-13-12-26-20-41(51,19-18-39(26,7)30(27)16-17-40(28,29)8)38(50)53-25(6)52-37(49)31-32(42)35(45-23(4)47)34(44)36(33(31)43)46-24(5)48/h12,21-22,25,27-30,51H,9-11,13-20H2,1-8H3,(H,45,47)(H,46,48)/t22-,25?,27+,28-,29+,30+,39+,40-,41+/m1/s1. The average molecular weight is 1070 g/mol. The Bertz CT molecular complexity index is 1620. The number of aliphatic hydroxyl groups is 1. The Morgan fingerprint density at radius 2 is 1.47 bits per heavy atom. The topological polar surface area (TPSA) is 131 Å². The lowest BCUT2D eigenvalue weighted by Crippen LogP contribution is -2.54. The first-order valence-corrected chi connectivity index (χ1v) is 22.6. The molecule has 9 nitrogen and oxygen atoms in total. The van der Waals surface area contributed by atoms with Crippen molar-refractivity contribution in [2.24, 2.45) is 46.3 Å². The lowest BCUT2D eigenvalue weighted by molar-refractivity contribution is -0.191. The maximum absolute atomic E-state index is 13.7. The van der Waals surface area contributed by atoms with E-state index < -0.39 is 23.8 Å². The summed E-state index contributed by atoms with van der Waals surface area (Å²) in [6.45, 7) is 16.3. The number of nitrogens with one attached hydrogen (secondary N) is 2. The molecule has 0 bridgehead atoms. The first-order chi connectivity index (χ1) is 24.7. The molecule has 3 saturated carbocycles. The van der Waals surface area contributed by atoms with Crippen LogP contribution < -0.4 is 10.6 Å². The molecule has 9 atom stereocenters. The SMILES string of the molecule is CC(=O)Nc1c(I)c(NC(C)=O)c(I)c(C(=O)OC(C)OC(=O)[C@]2(O)CC[C@@]3(C)C(=CC[C@H]4[C@@H]5CC[C@H]([C@H](C)CCCC(C)C)[C@@]5(C)CC[C@@H]43)C2)c1I. The summed E-state index contributed by atoms with van der Waals surface area (Å²) in [5.41, 5.74) is 0.619. The Morgan fingerprint density at radius 3 is 2.06 bits per heavy atom. The van der Waals surface area contributed by atoms with Crippen molar-refractivity contribution in [2.45, 2.75) is 138 Å². The summed E-state index contributed by atoms with van der Waals surface area (Å²) < 4.78 is 12.7. The molecule has 1 unspecified atom stereocenters. The Hall–Kier alpha value is -1.01. The monoisotopic (exact) mass is 1070 g/mol. The second kappa shape index (κ2) is 16.8. The van der Waals surface area contributed by atoms with E-state index in [0.717, 1.165) is 35.7 Å². The smallest absolute Gasteiger partial charge is 0.343 e. The summed E-state index contributed by atoms with van der Waals surface area (Å²) in [6.07, 6.45) is 12.3. The van der Waals surface area contributed by atoms with Crippen LogP contribution in [-0.2, 0) is 23.9 Å². The van der Waals surface area contributed by atoms with E-state index in [-0.39, 0.29) is 35.6 Å². The molecular formula is C41H57I3N2O7. The number of rotatable bonds is 11. The van der Waals surface area contributed by atoms with E-state index in [0.29, 0.717) is 45.8 Å². The molecule has 53 heavy (non-hydrogen) atoms. The van der Waals surface area contributed by atoms with Crippen LogP contribution in [0.25, 0.3) is 0 Å². The molecule has 294 valence electrons. The number of ether oxygens (including phenoxy) is 2. The lowest BCUT2D eigenvalue weighted by Gasteiger charge is -2.59. The third kappa shape index (κ3) is 8.64. The first kappa shape index (κ1) is 43.1. The molecule has 12 heteroatoms. The average Bonchev–Trinajstić information content (AvgIpc) is 3.42. The molecule has 0 spiro atoms. The van der Waals surface area contributed by atoms with Crippen molar-refractivity contribution in [1.29, 1.82) is 0 Å². The second-order valence-corrected chi connectivity index (χ2v) is 20.5. The van der Waals surface area contributed by atoms with Gasteiger partial charge >= 0.3 is 11.9 Å². The van der Waals surface area contributed by atoms with Crippen molar-refractivity contribution in [1.82, 2.24) is 0 Å². The number of fused-ring (bicyclic) bond motifs is 5. The summed E-state index contributed by atoms with van der Waals surface area (Å²) in [4.78, 5) is 51.2. The van der Waals surface area contributed by atoms with Gasteiger partial charge in [0.1, 0.15) is 0 Å². The highest BCUT2D eigenvalue weighted by Gasteiger charge is 2.61. The first-order valence-electron chi connectivity index (χ1n) is 19.3. The van der Waals surface area contributed by atoms with E-state index in [2.05, 4.69) is 51.3 Å². The number of anilines is 2. The van der Waals surface area contributed by atoms with Gasteiger partial charge in [-0.2, -0.15) is 0 Å². The normalized spacial score (nSPS) is 31.7. The molecule has 5 rings (SSSR count). The van der Waals surface area contributed by atoms with Gasteiger partial charge in [0.15, 0.2) is 5.60 Å². The van der Waals surface area contributed by atoms with Crippen LogP contribution >= 0.6 is 67.8 Å². The molecule has 2 amide bonds. The Morgan fingerprint density at radius 1 is 0.849 bits per heavy atom. The molecule has 3 fully saturated rings. The quantitative estimate of drug-likeness (QED) is 0.0871. The number of halogens is 3. The molecule has 0 radical (unpaired) electrons. The molecule has 0 aliphatic heterocycles. The third-order valence-corrected chi connectivity index (χ3v) is 16.7. The van der Waals surface area contributed by atoms with Gasteiger partial charge in [-0.1, -0.05) is 65.5 Å². The van der Waals surface area contributed by atoms with E-state index in [4.69, 9.17) is 9.47 Å². The maximum Gasteiger partial charge on any atom is 0.343 e. The zero-order valence-corrected chi connectivity index (χ0v) is 38.9. The Labute approximate surface area is 356 Å². The largest absolute Gasteiger partial charge is 0.423 e. The molecule has 4 aliphatic carbocycles. The van der Waals surface area contributed by atoms with E-state index in [9.17, 15) is 24.3 Å². The van der Waals surface area contributed by atoms with Gasteiger partial charge in [0.25, 0.3) is 0 Å². The molecule has 1 aromatic rings. The highest BCUT2D eigenvalue weighted by atomic mass is 127. The molecule has 0 aromatic heterocycles. The predicted molar refractivity (Wildman–Crippen MR) is 232 cm³/mol. The lowest BCUT2D eigenvalue weighted by atomic mass is 9.46. The molecule has 0 heterocycles. The maximum atomic E-state index is 13.7. The zero-order valence-electron chi connectivity index (χ0n) is 32.4. The summed E-state index contributed by atoms with van der Waals surface area (Å²) in [5, 5.41) is 17.3. The van der Waals surface area contributed by atoms with Gasteiger partial charge in [-0.3, -0.25) is 9.59 Å². The molecule has 4 aliphatic rings. The van der Waals surface area contributed by atoms with Crippen molar-refractivity contribution >= 4 is 103 Å². The van der Waals surface area contributed by atoms with Crippen molar-refractivity contribution in [3.63, 3.8) is 0 Å². The minimum Gasteiger partial charge on any atom is -0.423 e. The van der Waals surface area contributed by atoms with Gasteiger partial charge in [-0.15, -0.1) is 0 Å². The Kier molecular flexibility index (Phi) is 13.7. The van der Waals surface area contributed by atoms with Crippen LogP contribution in [0.2, 0.25) is 0 Å². The summed E-state index contributed by atoms with van der Waals surface area (Å²) >= 11 is 5.93. The van der Waals surface area contributed by atoms with Crippen molar-refractivity contribution < 1.29 is 33.8 Å². The summed E-state index contributed by atoms with van der Waals surface area (Å²) in [6, 6.07) is 0. The molecule has 3 N–H and O–H groups in total. The number of hydrogen-bond acceptors (Lipinski definition) is 7. The van der Waals surface area contributed by atoms with Crippen LogP contribution in [0.5, 0.6) is 0 Å². The fourth-order valence-corrected chi connectivity index (χ4v) is 14.9. The van der Waals surface area contributed by atoms with Gasteiger partial charge in [0, 0.05) is 27.2 Å². The number of carbonyl (C=O) groups is 4. The highest BCUT2D eigenvalue weighted by molar-refractivity contribution is 14.1. The highest BCUT2D eigenvalue weighted by Crippen LogP contribution is 2.68. The molecular weight excluding hydrogens is 1010 g/mol. The summed E-state index contributed by atoms with van der Waals surface area (Å²) in [5.74, 6) is 1.94. The van der Waals surface area contributed by atoms with Crippen molar-refractivity contribution in [2.75, 3.05) is 10.6 Å². The number of esters is 2.